The van der Waals surface area contributed by atoms with Crippen molar-refractivity contribution in [1.29, 1.82) is 0 Å². The minimum atomic E-state index is -4.47. The number of halogens is 3. The van der Waals surface area contributed by atoms with Crippen molar-refractivity contribution in [2.45, 2.75) is 55.6 Å². The molecule has 2 amide bonds. The van der Waals surface area contributed by atoms with E-state index in [1.54, 1.807) is 18.2 Å². The Bertz CT molecular complexity index is 1910. The molecule has 1 aliphatic rings. The van der Waals surface area contributed by atoms with Crippen LogP contribution in [0.25, 0.3) is 0 Å². The highest BCUT2D eigenvalue weighted by atomic mass is 35.5. The molecular weight excluding hydrogens is 704 g/mol. The maximum atomic E-state index is 14.7. The summed E-state index contributed by atoms with van der Waals surface area (Å²) >= 11 is 12.6. The van der Waals surface area contributed by atoms with Gasteiger partial charge in [-0.3, -0.25) is 13.9 Å². The number of carbonyl (C=O) groups excluding carboxylic acids is 2. The van der Waals surface area contributed by atoms with E-state index in [0.29, 0.717) is 16.3 Å². The maximum absolute atomic E-state index is 14.7. The lowest BCUT2D eigenvalue weighted by Crippen LogP contribution is -2.54. The van der Waals surface area contributed by atoms with Gasteiger partial charge in [0.1, 0.15) is 18.4 Å². The second-order valence-electron chi connectivity index (χ2n) is 12.0. The molecule has 1 saturated carbocycles. The van der Waals surface area contributed by atoms with Gasteiger partial charge in [0.2, 0.25) is 11.8 Å². The molecule has 4 aromatic rings. The van der Waals surface area contributed by atoms with E-state index in [2.05, 4.69) is 5.32 Å². The van der Waals surface area contributed by atoms with Gasteiger partial charge in [-0.05, 0) is 72.5 Å². The molecule has 0 aromatic heterocycles. The van der Waals surface area contributed by atoms with Gasteiger partial charge in [-0.2, -0.15) is 0 Å². The number of anilines is 1. The summed E-state index contributed by atoms with van der Waals surface area (Å²) in [5.74, 6) is -1.15. The summed E-state index contributed by atoms with van der Waals surface area (Å²) in [5, 5.41) is 3.71. The fraction of sp³-hybridized carbons (Fsp3) is 0.297. The molecule has 4 aromatic carbocycles. The van der Waals surface area contributed by atoms with Crippen LogP contribution in [0.3, 0.4) is 0 Å². The zero-order valence-electron chi connectivity index (χ0n) is 27.7. The molecule has 9 nitrogen and oxygen atoms in total. The van der Waals surface area contributed by atoms with Gasteiger partial charge in [0, 0.05) is 25.1 Å². The Morgan fingerprint density at radius 1 is 0.860 bits per heavy atom. The summed E-state index contributed by atoms with van der Waals surface area (Å²) in [4.78, 5) is 30.0. The minimum Gasteiger partial charge on any atom is -0.493 e. The lowest BCUT2D eigenvalue weighted by molar-refractivity contribution is -0.140. The molecule has 0 unspecified atom stereocenters. The summed E-state index contributed by atoms with van der Waals surface area (Å²) in [5.41, 5.74) is 1.42. The van der Waals surface area contributed by atoms with Crippen molar-refractivity contribution in [3.63, 3.8) is 0 Å². The molecule has 1 fully saturated rings. The molecule has 0 aliphatic heterocycles. The molecule has 0 radical (unpaired) electrons. The quantitative estimate of drug-likeness (QED) is 0.149. The second kappa shape index (κ2) is 16.6. The van der Waals surface area contributed by atoms with Crippen LogP contribution in [0.5, 0.6) is 11.5 Å². The average Bonchev–Trinajstić information content (AvgIpc) is 3.63. The van der Waals surface area contributed by atoms with Gasteiger partial charge in [0.15, 0.2) is 11.5 Å². The molecule has 1 aliphatic carbocycles. The first kappa shape index (κ1) is 36.9. The average molecular weight is 743 g/mol. The normalized spacial score (nSPS) is 13.8. The summed E-state index contributed by atoms with van der Waals surface area (Å²) in [6.07, 6.45) is 3.78. The maximum Gasteiger partial charge on any atom is 0.264 e. The molecular formula is C37H38Cl2FN3O6S. The highest BCUT2D eigenvalue weighted by molar-refractivity contribution is 7.92. The van der Waals surface area contributed by atoms with E-state index < -0.39 is 34.3 Å². The number of amides is 2. The Kier molecular flexibility index (Phi) is 12.3. The predicted octanol–water partition coefficient (Wildman–Crippen LogP) is 7.04. The Hall–Kier alpha value is -4.32. The summed E-state index contributed by atoms with van der Waals surface area (Å²) in [7, 11) is -1.67. The van der Waals surface area contributed by atoms with E-state index in [4.69, 9.17) is 32.7 Å². The molecule has 264 valence electrons. The number of nitrogens with zero attached hydrogens (tertiary/aromatic N) is 2. The van der Waals surface area contributed by atoms with Crippen LogP contribution in [-0.2, 0) is 32.6 Å². The Morgan fingerprint density at radius 3 is 2.18 bits per heavy atom. The van der Waals surface area contributed by atoms with Crippen molar-refractivity contribution in [1.82, 2.24) is 10.2 Å². The van der Waals surface area contributed by atoms with Crippen LogP contribution in [-0.4, -0.2) is 58.0 Å². The summed E-state index contributed by atoms with van der Waals surface area (Å²) in [6, 6.07) is 21.9. The lowest BCUT2D eigenvalue weighted by atomic mass is 10.0. The number of ether oxygens (including phenoxy) is 2. The number of methoxy groups -OCH3 is 2. The van der Waals surface area contributed by atoms with E-state index in [1.807, 2.05) is 30.3 Å². The topological polar surface area (TPSA) is 105 Å². The number of nitrogens with one attached hydrogen (secondary N) is 1. The van der Waals surface area contributed by atoms with Gasteiger partial charge in [0.05, 0.1) is 34.8 Å². The van der Waals surface area contributed by atoms with Crippen molar-refractivity contribution in [2.75, 3.05) is 25.1 Å². The van der Waals surface area contributed by atoms with Gasteiger partial charge in [-0.25, -0.2) is 12.8 Å². The molecule has 1 atom stereocenters. The van der Waals surface area contributed by atoms with Crippen LogP contribution in [0.1, 0.15) is 36.8 Å². The fourth-order valence-corrected chi connectivity index (χ4v) is 7.75. The smallest absolute Gasteiger partial charge is 0.264 e. The molecule has 0 heterocycles. The molecule has 13 heteroatoms. The SMILES string of the molecule is COc1ccc(S(=O)(=O)N(CC(=O)N(Cc2ccc(Cl)c(Cl)c2)[C@@H](Cc2ccccc2)C(=O)NC2CCCC2)c2ccc(F)cc2)cc1OC. The van der Waals surface area contributed by atoms with Gasteiger partial charge in [0.25, 0.3) is 10.0 Å². The Labute approximate surface area is 301 Å². The first-order valence-corrected chi connectivity index (χ1v) is 18.3. The van der Waals surface area contributed by atoms with E-state index in [-0.39, 0.29) is 46.3 Å². The largest absolute Gasteiger partial charge is 0.493 e. The van der Waals surface area contributed by atoms with Crippen molar-refractivity contribution in [3.8, 4) is 11.5 Å². The van der Waals surface area contributed by atoms with Crippen LogP contribution in [0.4, 0.5) is 10.1 Å². The van der Waals surface area contributed by atoms with Crippen LogP contribution in [0.15, 0.2) is 95.9 Å². The van der Waals surface area contributed by atoms with Crippen LogP contribution < -0.4 is 19.1 Å². The number of hydrogen-bond acceptors (Lipinski definition) is 6. The zero-order valence-corrected chi connectivity index (χ0v) is 30.0. The fourth-order valence-electron chi connectivity index (χ4n) is 6.00. The van der Waals surface area contributed by atoms with Crippen LogP contribution in [0, 0.1) is 5.82 Å². The van der Waals surface area contributed by atoms with Crippen molar-refractivity contribution < 1.29 is 31.9 Å². The third kappa shape index (κ3) is 8.88. The number of carbonyl (C=O) groups is 2. The third-order valence-corrected chi connectivity index (χ3v) is 11.2. The lowest BCUT2D eigenvalue weighted by Gasteiger charge is -2.34. The first-order valence-electron chi connectivity index (χ1n) is 16.1. The van der Waals surface area contributed by atoms with E-state index >= 15 is 0 Å². The number of rotatable bonds is 14. The molecule has 5 rings (SSSR count). The van der Waals surface area contributed by atoms with Crippen molar-refractivity contribution in [3.05, 3.63) is 118 Å². The Balaban J connectivity index is 1.59. The van der Waals surface area contributed by atoms with Gasteiger partial charge < -0.3 is 19.7 Å². The van der Waals surface area contributed by atoms with Gasteiger partial charge >= 0.3 is 0 Å². The van der Waals surface area contributed by atoms with Gasteiger partial charge in [-0.15, -0.1) is 0 Å². The monoisotopic (exact) mass is 741 g/mol. The Morgan fingerprint density at radius 2 is 1.54 bits per heavy atom. The highest BCUT2D eigenvalue weighted by Gasteiger charge is 2.36. The summed E-state index contributed by atoms with van der Waals surface area (Å²) < 4.78 is 54.3. The third-order valence-electron chi connectivity index (χ3n) is 8.65. The highest BCUT2D eigenvalue weighted by Crippen LogP contribution is 2.33. The second-order valence-corrected chi connectivity index (χ2v) is 14.6. The number of hydrogen-bond donors (Lipinski definition) is 1. The zero-order chi connectivity index (χ0) is 35.8. The predicted molar refractivity (Wildman–Crippen MR) is 192 cm³/mol. The minimum absolute atomic E-state index is 0.0381. The first-order chi connectivity index (χ1) is 24.0. The van der Waals surface area contributed by atoms with E-state index in [1.165, 1.54) is 49.5 Å². The molecule has 0 bridgehead atoms. The standard InChI is InChI=1S/C37H38Cl2FN3O6S/c1-48-34-19-17-30(22-35(34)49-2)50(46,47)43(29-15-13-27(40)14-16-29)24-36(44)42(23-26-12-18-31(38)32(39)20-26)33(21-25-8-4-3-5-9-25)37(45)41-28-10-6-7-11-28/h3-5,8-9,12-20,22,28,33H,6-7,10-11,21,23-24H2,1-2H3,(H,41,45)/t33-/m0/s1. The van der Waals surface area contributed by atoms with Crippen LogP contribution >= 0.6 is 23.2 Å². The number of sulfonamides is 1. The van der Waals surface area contributed by atoms with E-state index in [0.717, 1.165) is 47.7 Å². The van der Waals surface area contributed by atoms with Crippen LogP contribution in [0.2, 0.25) is 10.0 Å². The van der Waals surface area contributed by atoms with Gasteiger partial charge in [-0.1, -0.05) is 72.4 Å². The molecule has 50 heavy (non-hydrogen) atoms. The summed E-state index contributed by atoms with van der Waals surface area (Å²) in [6.45, 7) is -0.801. The molecule has 1 N–H and O–H groups in total. The van der Waals surface area contributed by atoms with Crippen molar-refractivity contribution in [2.24, 2.45) is 0 Å². The van der Waals surface area contributed by atoms with Crippen molar-refractivity contribution >= 4 is 50.7 Å². The molecule has 0 spiro atoms. The number of benzene rings is 4. The van der Waals surface area contributed by atoms with E-state index in [9.17, 15) is 22.4 Å². The molecule has 0 saturated heterocycles.